The van der Waals surface area contributed by atoms with Gasteiger partial charge in [0.05, 0.1) is 14.2 Å². The lowest BCUT2D eigenvalue weighted by molar-refractivity contribution is 0.355. The maximum atomic E-state index is 5.01. The van der Waals surface area contributed by atoms with Gasteiger partial charge in [-0.15, -0.1) is 0 Å². The van der Waals surface area contributed by atoms with Gasteiger partial charge in [0.25, 0.3) is 0 Å². The van der Waals surface area contributed by atoms with E-state index in [2.05, 4.69) is 4.98 Å². The largest absolute Gasteiger partial charge is 0.493 e. The SMILES string of the molecule is COc1ccccc1OC.Cn1cc[nH]c1=S. The summed E-state index contributed by atoms with van der Waals surface area (Å²) in [7, 11) is 5.15. The van der Waals surface area contributed by atoms with Crippen LogP contribution in [0.15, 0.2) is 36.7 Å². The molecule has 2 aromatic rings. The molecule has 92 valence electrons. The third kappa shape index (κ3) is 3.96. The number of aromatic amines is 1. The predicted molar refractivity (Wildman–Crippen MR) is 70.1 cm³/mol. The highest BCUT2D eigenvalue weighted by Gasteiger charge is 1.97. The minimum absolute atomic E-state index is 0.764. The minimum Gasteiger partial charge on any atom is -0.493 e. The summed E-state index contributed by atoms with van der Waals surface area (Å²) >= 11 is 4.79. The lowest BCUT2D eigenvalue weighted by atomic mass is 10.3. The number of ether oxygens (including phenoxy) is 2. The van der Waals surface area contributed by atoms with Gasteiger partial charge < -0.3 is 19.0 Å². The molecule has 0 atom stereocenters. The molecule has 0 fully saturated rings. The van der Waals surface area contributed by atoms with Gasteiger partial charge in [-0.2, -0.15) is 0 Å². The van der Waals surface area contributed by atoms with Crippen molar-refractivity contribution < 1.29 is 9.47 Å². The number of hydrogen-bond donors (Lipinski definition) is 1. The Morgan fingerprint density at radius 3 is 1.88 bits per heavy atom. The molecule has 0 radical (unpaired) electrons. The smallest absolute Gasteiger partial charge is 0.176 e. The van der Waals surface area contributed by atoms with Crippen molar-refractivity contribution in [3.8, 4) is 11.5 Å². The van der Waals surface area contributed by atoms with Gasteiger partial charge in [-0.25, -0.2) is 0 Å². The second-order valence-electron chi connectivity index (χ2n) is 3.23. The number of imidazole rings is 1. The third-order valence-corrected chi connectivity index (χ3v) is 2.52. The van der Waals surface area contributed by atoms with Crippen LogP contribution in [0.1, 0.15) is 0 Å². The number of aryl methyl sites for hydroxylation is 1. The molecule has 1 aromatic heterocycles. The summed E-state index contributed by atoms with van der Waals surface area (Å²) in [6.07, 6.45) is 3.69. The van der Waals surface area contributed by atoms with E-state index >= 15 is 0 Å². The van der Waals surface area contributed by atoms with Crippen molar-refractivity contribution in [2.75, 3.05) is 14.2 Å². The van der Waals surface area contributed by atoms with E-state index in [1.54, 1.807) is 14.2 Å². The first-order valence-corrected chi connectivity index (χ1v) is 5.47. The monoisotopic (exact) mass is 252 g/mol. The van der Waals surface area contributed by atoms with Crippen LogP contribution in [0.5, 0.6) is 11.5 Å². The van der Waals surface area contributed by atoms with E-state index in [0.29, 0.717) is 0 Å². The molecule has 17 heavy (non-hydrogen) atoms. The van der Waals surface area contributed by atoms with Crippen LogP contribution in [0, 0.1) is 4.77 Å². The maximum Gasteiger partial charge on any atom is 0.176 e. The third-order valence-electron chi connectivity index (χ3n) is 2.11. The Balaban J connectivity index is 0.000000181. The van der Waals surface area contributed by atoms with Crippen LogP contribution in [0.2, 0.25) is 0 Å². The molecule has 0 aliphatic rings. The Morgan fingerprint density at radius 1 is 1.12 bits per heavy atom. The summed E-state index contributed by atoms with van der Waals surface area (Å²) in [4.78, 5) is 2.85. The summed E-state index contributed by atoms with van der Waals surface area (Å²) in [6.45, 7) is 0. The van der Waals surface area contributed by atoms with E-state index < -0.39 is 0 Å². The van der Waals surface area contributed by atoms with Crippen LogP contribution in [0.3, 0.4) is 0 Å². The summed E-state index contributed by atoms with van der Waals surface area (Å²) in [6, 6.07) is 7.53. The summed E-state index contributed by atoms with van der Waals surface area (Å²) < 4.78 is 12.6. The number of methoxy groups -OCH3 is 2. The first-order valence-electron chi connectivity index (χ1n) is 5.06. The predicted octanol–water partition coefficient (Wildman–Crippen LogP) is 2.79. The highest BCUT2D eigenvalue weighted by Crippen LogP contribution is 2.24. The van der Waals surface area contributed by atoms with Crippen LogP contribution >= 0.6 is 12.2 Å². The fraction of sp³-hybridized carbons (Fsp3) is 0.250. The van der Waals surface area contributed by atoms with E-state index in [1.165, 1.54) is 0 Å². The van der Waals surface area contributed by atoms with E-state index in [1.807, 2.05) is 48.3 Å². The van der Waals surface area contributed by atoms with Crippen LogP contribution < -0.4 is 9.47 Å². The van der Waals surface area contributed by atoms with E-state index in [0.717, 1.165) is 16.3 Å². The Kier molecular flexibility index (Phi) is 5.29. The highest BCUT2D eigenvalue weighted by molar-refractivity contribution is 7.71. The van der Waals surface area contributed by atoms with Gasteiger partial charge in [0.2, 0.25) is 0 Å². The highest BCUT2D eigenvalue weighted by atomic mass is 32.1. The number of H-pyrrole nitrogens is 1. The molecular weight excluding hydrogens is 236 g/mol. The zero-order chi connectivity index (χ0) is 12.7. The Labute approximate surface area is 106 Å². The van der Waals surface area contributed by atoms with Gasteiger partial charge in [0.15, 0.2) is 16.3 Å². The zero-order valence-electron chi connectivity index (χ0n) is 10.1. The summed E-state index contributed by atoms with van der Waals surface area (Å²) in [5, 5.41) is 0. The van der Waals surface area contributed by atoms with Gasteiger partial charge in [-0.3, -0.25) is 0 Å². The number of hydrogen-bond acceptors (Lipinski definition) is 3. The van der Waals surface area contributed by atoms with Crippen LogP contribution in [0.25, 0.3) is 0 Å². The van der Waals surface area contributed by atoms with Crippen LogP contribution in [0.4, 0.5) is 0 Å². The molecule has 0 aliphatic heterocycles. The van der Waals surface area contributed by atoms with Gasteiger partial charge in [0, 0.05) is 19.4 Å². The molecule has 0 bridgehead atoms. The van der Waals surface area contributed by atoms with Gasteiger partial charge in [0.1, 0.15) is 0 Å². The fourth-order valence-electron chi connectivity index (χ4n) is 1.18. The van der Waals surface area contributed by atoms with Crippen molar-refractivity contribution in [2.24, 2.45) is 7.05 Å². The average Bonchev–Trinajstić information content (AvgIpc) is 2.74. The van der Waals surface area contributed by atoms with Crippen molar-refractivity contribution in [3.05, 3.63) is 41.4 Å². The molecule has 0 unspecified atom stereocenters. The van der Waals surface area contributed by atoms with Crippen LogP contribution in [-0.2, 0) is 7.05 Å². The van der Waals surface area contributed by atoms with Crippen molar-refractivity contribution in [1.82, 2.24) is 9.55 Å². The molecule has 0 saturated carbocycles. The molecule has 2 rings (SSSR count). The fourth-order valence-corrected chi connectivity index (χ4v) is 1.31. The quantitative estimate of drug-likeness (QED) is 0.835. The Bertz CT molecular complexity index is 482. The number of nitrogens with zero attached hydrogens (tertiary/aromatic N) is 1. The van der Waals surface area contributed by atoms with Crippen molar-refractivity contribution in [3.63, 3.8) is 0 Å². The number of aromatic nitrogens is 2. The number of rotatable bonds is 2. The molecule has 4 nitrogen and oxygen atoms in total. The van der Waals surface area contributed by atoms with E-state index in [9.17, 15) is 0 Å². The number of nitrogens with one attached hydrogen (secondary N) is 1. The summed E-state index contributed by atoms with van der Waals surface area (Å²) in [5.41, 5.74) is 0. The zero-order valence-corrected chi connectivity index (χ0v) is 11.0. The maximum absolute atomic E-state index is 5.01. The van der Waals surface area contributed by atoms with Crippen molar-refractivity contribution in [2.45, 2.75) is 0 Å². The topological polar surface area (TPSA) is 39.2 Å². The molecule has 5 heteroatoms. The van der Waals surface area contributed by atoms with Crippen molar-refractivity contribution >= 4 is 12.2 Å². The molecule has 0 amide bonds. The molecule has 1 aromatic carbocycles. The molecule has 0 saturated heterocycles. The first kappa shape index (κ1) is 13.3. The molecule has 1 heterocycles. The van der Waals surface area contributed by atoms with Gasteiger partial charge in [-0.05, 0) is 24.4 Å². The number of para-hydroxylation sites is 2. The van der Waals surface area contributed by atoms with Gasteiger partial charge >= 0.3 is 0 Å². The second-order valence-corrected chi connectivity index (χ2v) is 3.62. The van der Waals surface area contributed by atoms with E-state index in [-0.39, 0.29) is 0 Å². The lowest BCUT2D eigenvalue weighted by Gasteiger charge is -2.04. The Morgan fingerprint density at radius 2 is 1.65 bits per heavy atom. The average molecular weight is 252 g/mol. The second kappa shape index (κ2) is 6.75. The van der Waals surface area contributed by atoms with E-state index in [4.69, 9.17) is 21.7 Å². The molecule has 1 N–H and O–H groups in total. The normalized spacial score (nSPS) is 9.12. The van der Waals surface area contributed by atoms with Crippen molar-refractivity contribution in [1.29, 1.82) is 0 Å². The molecule has 0 spiro atoms. The summed E-state index contributed by atoms with van der Waals surface area (Å²) in [5.74, 6) is 1.54. The lowest BCUT2D eigenvalue weighted by Crippen LogP contribution is -1.88. The van der Waals surface area contributed by atoms with Crippen LogP contribution in [-0.4, -0.2) is 23.8 Å². The number of benzene rings is 1. The Hall–Kier alpha value is -1.75. The minimum atomic E-state index is 0.764. The molecule has 0 aliphatic carbocycles. The standard InChI is InChI=1S/C8H10O2.C4H6N2S/c1-9-7-5-3-4-6-8(7)10-2;1-6-3-2-5-4(6)7/h3-6H,1-2H3;2-3H,1H3,(H,5,7). The molecular formula is C12H16N2O2S. The first-order chi connectivity index (χ1) is 8.19. The van der Waals surface area contributed by atoms with Gasteiger partial charge in [-0.1, -0.05) is 12.1 Å².